The van der Waals surface area contributed by atoms with E-state index in [4.69, 9.17) is 4.74 Å². The number of halogens is 1. The smallest absolute Gasteiger partial charge is 0.230 e. The van der Waals surface area contributed by atoms with Crippen LogP contribution in [0.1, 0.15) is 37.3 Å². The van der Waals surface area contributed by atoms with Crippen molar-refractivity contribution in [3.63, 3.8) is 0 Å². The lowest BCUT2D eigenvalue weighted by Crippen LogP contribution is -2.31. The Kier molecular flexibility index (Phi) is 6.73. The highest BCUT2D eigenvalue weighted by Crippen LogP contribution is 2.41. The molecule has 2 aliphatic rings. The van der Waals surface area contributed by atoms with Crippen molar-refractivity contribution < 1.29 is 13.9 Å². The van der Waals surface area contributed by atoms with Crippen LogP contribution in [0.15, 0.2) is 59.8 Å². The summed E-state index contributed by atoms with van der Waals surface area (Å²) in [4.78, 5) is 12.8. The van der Waals surface area contributed by atoms with E-state index in [1.165, 1.54) is 23.9 Å². The molecule has 0 spiro atoms. The number of carbonyl (C=O) groups is 1. The molecule has 33 heavy (non-hydrogen) atoms. The van der Waals surface area contributed by atoms with Gasteiger partial charge in [0.1, 0.15) is 5.82 Å². The number of hydrogen-bond acceptors (Lipinski definition) is 5. The molecule has 2 atom stereocenters. The maximum absolute atomic E-state index is 13.4. The van der Waals surface area contributed by atoms with Gasteiger partial charge in [-0.15, -0.1) is 10.2 Å². The van der Waals surface area contributed by atoms with Gasteiger partial charge in [0.15, 0.2) is 11.0 Å². The Labute approximate surface area is 196 Å². The van der Waals surface area contributed by atoms with Crippen LogP contribution in [0.25, 0.3) is 11.4 Å². The Morgan fingerprint density at radius 3 is 2.61 bits per heavy atom. The lowest BCUT2D eigenvalue weighted by molar-refractivity contribution is -0.119. The zero-order valence-corrected chi connectivity index (χ0v) is 19.1. The first kappa shape index (κ1) is 22.1. The summed E-state index contributed by atoms with van der Waals surface area (Å²) in [6.07, 6.45) is 4.39. The number of nitrogens with one attached hydrogen (secondary N) is 1. The van der Waals surface area contributed by atoms with Gasteiger partial charge in [-0.3, -0.25) is 9.36 Å². The Bertz CT molecular complexity index is 1080. The van der Waals surface area contributed by atoms with Crippen molar-refractivity contribution in [3.05, 3.63) is 66.0 Å². The van der Waals surface area contributed by atoms with Crippen LogP contribution in [-0.4, -0.2) is 39.1 Å². The summed E-state index contributed by atoms with van der Waals surface area (Å²) in [6.45, 7) is 1.37. The maximum Gasteiger partial charge on any atom is 0.230 e. The predicted octanol–water partition coefficient (Wildman–Crippen LogP) is 4.62. The number of nitrogens with zero attached hydrogens (tertiary/aromatic N) is 3. The SMILES string of the molecule is O=C(CSc1nnc(-c2ccc(F)cc2)n1CC1CCCO1)NC(c1ccccc1)C1CC1. The zero-order valence-electron chi connectivity index (χ0n) is 18.3. The van der Waals surface area contributed by atoms with Gasteiger partial charge in [-0.2, -0.15) is 0 Å². The lowest BCUT2D eigenvalue weighted by Gasteiger charge is -2.19. The summed E-state index contributed by atoms with van der Waals surface area (Å²) in [5.74, 6) is 1.11. The lowest BCUT2D eigenvalue weighted by atomic mass is 10.0. The highest BCUT2D eigenvalue weighted by molar-refractivity contribution is 7.99. The molecule has 0 bridgehead atoms. The highest BCUT2D eigenvalue weighted by atomic mass is 32.2. The minimum atomic E-state index is -0.293. The van der Waals surface area contributed by atoms with Gasteiger partial charge >= 0.3 is 0 Å². The summed E-state index contributed by atoms with van der Waals surface area (Å²) in [5, 5.41) is 12.6. The van der Waals surface area contributed by atoms with Crippen molar-refractivity contribution in [1.29, 1.82) is 0 Å². The molecule has 2 aromatic carbocycles. The minimum Gasteiger partial charge on any atom is -0.376 e. The van der Waals surface area contributed by atoms with Gasteiger partial charge in [-0.25, -0.2) is 4.39 Å². The maximum atomic E-state index is 13.4. The van der Waals surface area contributed by atoms with Crippen molar-refractivity contribution in [3.8, 4) is 11.4 Å². The standard InChI is InChI=1S/C25H27FN4O2S/c26-20-12-10-19(11-13-20)24-28-29-25(30(24)15-21-7-4-14-32-21)33-16-22(31)27-23(18-8-9-18)17-5-2-1-3-6-17/h1-3,5-6,10-13,18,21,23H,4,7-9,14-16H2,(H,27,31). The van der Waals surface area contributed by atoms with Gasteiger partial charge in [0.05, 0.1) is 24.4 Å². The molecule has 1 saturated heterocycles. The predicted molar refractivity (Wildman–Crippen MR) is 125 cm³/mol. The number of rotatable bonds is 9. The minimum absolute atomic E-state index is 0.0178. The first-order valence-electron chi connectivity index (χ1n) is 11.5. The second kappa shape index (κ2) is 10.1. The Morgan fingerprint density at radius 1 is 1.12 bits per heavy atom. The van der Waals surface area contributed by atoms with E-state index in [0.29, 0.717) is 23.4 Å². The van der Waals surface area contributed by atoms with Crippen molar-refractivity contribution >= 4 is 17.7 Å². The van der Waals surface area contributed by atoms with Crippen LogP contribution in [0.5, 0.6) is 0 Å². The summed E-state index contributed by atoms with van der Waals surface area (Å²) < 4.78 is 21.2. The summed E-state index contributed by atoms with van der Waals surface area (Å²) >= 11 is 1.37. The number of aromatic nitrogens is 3. The molecule has 6 nitrogen and oxygen atoms in total. The van der Waals surface area contributed by atoms with E-state index < -0.39 is 0 Å². The number of hydrogen-bond donors (Lipinski definition) is 1. The van der Waals surface area contributed by atoms with Crippen LogP contribution in [-0.2, 0) is 16.1 Å². The molecular formula is C25H27FN4O2S. The quantitative estimate of drug-likeness (QED) is 0.466. The highest BCUT2D eigenvalue weighted by Gasteiger charge is 2.33. The van der Waals surface area contributed by atoms with Gasteiger partial charge in [-0.05, 0) is 61.4 Å². The largest absolute Gasteiger partial charge is 0.376 e. The summed E-state index contributed by atoms with van der Waals surface area (Å²) in [5.41, 5.74) is 1.94. The average Bonchev–Trinajstić information content (AvgIpc) is 3.40. The molecule has 1 aliphatic heterocycles. The van der Waals surface area contributed by atoms with Gasteiger partial charge in [0, 0.05) is 12.2 Å². The fourth-order valence-corrected chi connectivity index (χ4v) is 5.03. The molecule has 0 radical (unpaired) electrons. The molecule has 8 heteroatoms. The van der Waals surface area contributed by atoms with Crippen LogP contribution in [0.4, 0.5) is 4.39 Å². The Balaban J connectivity index is 1.30. The van der Waals surface area contributed by atoms with E-state index in [9.17, 15) is 9.18 Å². The molecule has 1 saturated carbocycles. The van der Waals surface area contributed by atoms with E-state index in [2.05, 4.69) is 27.6 Å². The topological polar surface area (TPSA) is 69.0 Å². The average molecular weight is 467 g/mol. The normalized spacial score (nSPS) is 18.9. The molecule has 1 amide bonds. The third-order valence-electron chi connectivity index (χ3n) is 6.13. The first-order chi connectivity index (χ1) is 16.2. The second-order valence-electron chi connectivity index (χ2n) is 8.64. The zero-order chi connectivity index (χ0) is 22.6. The Morgan fingerprint density at radius 2 is 1.91 bits per heavy atom. The van der Waals surface area contributed by atoms with Gasteiger partial charge in [0.2, 0.25) is 5.91 Å². The number of amides is 1. The fourth-order valence-electron chi connectivity index (χ4n) is 4.27. The third-order valence-corrected chi connectivity index (χ3v) is 7.10. The molecule has 2 fully saturated rings. The van der Waals surface area contributed by atoms with Gasteiger partial charge < -0.3 is 10.1 Å². The van der Waals surface area contributed by atoms with Crippen LogP contribution in [0, 0.1) is 11.7 Å². The van der Waals surface area contributed by atoms with Crippen LogP contribution >= 0.6 is 11.8 Å². The van der Waals surface area contributed by atoms with Crippen molar-refractivity contribution in [1.82, 2.24) is 20.1 Å². The van der Waals surface area contributed by atoms with Crippen molar-refractivity contribution in [2.24, 2.45) is 5.92 Å². The van der Waals surface area contributed by atoms with Crippen molar-refractivity contribution in [2.75, 3.05) is 12.4 Å². The van der Waals surface area contributed by atoms with E-state index in [1.54, 1.807) is 12.1 Å². The number of thioether (sulfide) groups is 1. The molecule has 172 valence electrons. The monoisotopic (exact) mass is 466 g/mol. The van der Waals surface area contributed by atoms with E-state index in [-0.39, 0.29) is 29.6 Å². The second-order valence-corrected chi connectivity index (χ2v) is 9.58. The molecule has 3 aromatic rings. The van der Waals surface area contributed by atoms with Gasteiger partial charge in [-0.1, -0.05) is 42.1 Å². The molecule has 1 aliphatic carbocycles. The van der Waals surface area contributed by atoms with E-state index in [1.807, 2.05) is 22.8 Å². The van der Waals surface area contributed by atoms with Crippen LogP contribution < -0.4 is 5.32 Å². The molecule has 1 aromatic heterocycles. The number of ether oxygens (including phenoxy) is 1. The molecular weight excluding hydrogens is 439 g/mol. The molecule has 1 N–H and O–H groups in total. The van der Waals surface area contributed by atoms with Crippen molar-refractivity contribution in [2.45, 2.75) is 49.5 Å². The van der Waals surface area contributed by atoms with Gasteiger partial charge in [0.25, 0.3) is 0 Å². The number of benzene rings is 2. The first-order valence-corrected chi connectivity index (χ1v) is 12.4. The third kappa shape index (κ3) is 5.45. The molecule has 5 rings (SSSR count). The van der Waals surface area contributed by atoms with E-state index >= 15 is 0 Å². The number of carbonyl (C=O) groups excluding carboxylic acids is 1. The van der Waals surface area contributed by atoms with E-state index in [0.717, 1.165) is 43.4 Å². The fraction of sp³-hybridized carbons (Fsp3) is 0.400. The van der Waals surface area contributed by atoms with Crippen LogP contribution in [0.2, 0.25) is 0 Å². The molecule has 2 unspecified atom stereocenters. The summed E-state index contributed by atoms with van der Waals surface area (Å²) in [7, 11) is 0. The summed E-state index contributed by atoms with van der Waals surface area (Å²) in [6, 6.07) is 16.5. The Hall–Kier alpha value is -2.71. The molecule has 2 heterocycles. The van der Waals surface area contributed by atoms with Crippen LogP contribution in [0.3, 0.4) is 0 Å².